The van der Waals surface area contributed by atoms with Crippen LogP contribution in [0.3, 0.4) is 0 Å². The second-order valence-electron chi connectivity index (χ2n) is 5.22. The molecule has 1 aliphatic heterocycles. The predicted octanol–water partition coefficient (Wildman–Crippen LogP) is 1.31. The number of nitrogens with one attached hydrogen (secondary N) is 2. The molecule has 1 fully saturated rings. The predicted molar refractivity (Wildman–Crippen MR) is 68.9 cm³/mol. The van der Waals surface area contributed by atoms with Gasteiger partial charge in [0.05, 0.1) is 6.10 Å². The van der Waals surface area contributed by atoms with Crippen molar-refractivity contribution in [2.24, 2.45) is 5.92 Å². The van der Waals surface area contributed by atoms with E-state index in [-0.39, 0.29) is 18.1 Å². The molecule has 2 atom stereocenters. The molecule has 0 aromatic heterocycles. The average molecular weight is 242 g/mol. The zero-order valence-corrected chi connectivity index (χ0v) is 11.3. The number of piperidine rings is 1. The topological polar surface area (TPSA) is 50.4 Å². The van der Waals surface area contributed by atoms with Crippen molar-refractivity contribution in [3.8, 4) is 0 Å². The summed E-state index contributed by atoms with van der Waals surface area (Å²) in [5, 5.41) is 6.20. The normalized spacial score (nSPS) is 22.5. The molecule has 1 heterocycles. The smallest absolute Gasteiger partial charge is 0.248 e. The number of hydrogen-bond donors (Lipinski definition) is 2. The molecule has 0 aliphatic carbocycles. The third-order valence-corrected chi connectivity index (χ3v) is 3.04. The highest BCUT2D eigenvalue weighted by molar-refractivity contribution is 5.80. The zero-order chi connectivity index (χ0) is 12.7. The molecule has 2 unspecified atom stereocenters. The first-order valence-electron chi connectivity index (χ1n) is 6.73. The van der Waals surface area contributed by atoms with Gasteiger partial charge >= 0.3 is 0 Å². The van der Waals surface area contributed by atoms with E-state index in [9.17, 15) is 4.79 Å². The van der Waals surface area contributed by atoms with Crippen LogP contribution in [0, 0.1) is 5.92 Å². The summed E-state index contributed by atoms with van der Waals surface area (Å²) in [7, 11) is 0. The van der Waals surface area contributed by atoms with Gasteiger partial charge in [0.2, 0.25) is 5.91 Å². The molecule has 4 nitrogen and oxygen atoms in total. The number of amides is 1. The van der Waals surface area contributed by atoms with E-state index in [0.29, 0.717) is 5.92 Å². The molecule has 2 N–H and O–H groups in total. The van der Waals surface area contributed by atoms with Crippen molar-refractivity contribution in [1.82, 2.24) is 10.6 Å². The Bertz CT molecular complexity index is 225. The fraction of sp³-hybridized carbons (Fsp3) is 0.923. The van der Waals surface area contributed by atoms with E-state index in [1.54, 1.807) is 0 Å². The van der Waals surface area contributed by atoms with Gasteiger partial charge in [0.1, 0.15) is 6.10 Å². The Morgan fingerprint density at radius 3 is 2.82 bits per heavy atom. The number of carbonyl (C=O) groups excluding carboxylic acids is 1. The molecule has 1 aliphatic rings. The first kappa shape index (κ1) is 14.5. The Morgan fingerprint density at radius 1 is 1.47 bits per heavy atom. The van der Waals surface area contributed by atoms with Crippen molar-refractivity contribution in [3.05, 3.63) is 0 Å². The first-order valence-corrected chi connectivity index (χ1v) is 6.73. The second-order valence-corrected chi connectivity index (χ2v) is 5.22. The van der Waals surface area contributed by atoms with Crippen LogP contribution in [0.1, 0.15) is 40.0 Å². The van der Waals surface area contributed by atoms with Crippen LogP contribution in [0.4, 0.5) is 0 Å². The van der Waals surface area contributed by atoms with Crippen LogP contribution in [0.2, 0.25) is 0 Å². The number of carbonyl (C=O) groups is 1. The van der Waals surface area contributed by atoms with Gasteiger partial charge in [-0.1, -0.05) is 13.8 Å². The molecule has 0 spiro atoms. The summed E-state index contributed by atoms with van der Waals surface area (Å²) < 4.78 is 5.74. The summed E-state index contributed by atoms with van der Waals surface area (Å²) in [6.07, 6.45) is 3.05. The number of ether oxygens (including phenoxy) is 1. The van der Waals surface area contributed by atoms with Crippen molar-refractivity contribution in [2.45, 2.75) is 52.2 Å². The van der Waals surface area contributed by atoms with E-state index in [4.69, 9.17) is 4.74 Å². The quantitative estimate of drug-likeness (QED) is 0.738. The molecule has 1 saturated heterocycles. The van der Waals surface area contributed by atoms with Crippen LogP contribution in [0.15, 0.2) is 0 Å². The molecule has 0 aromatic rings. The number of rotatable bonds is 6. The highest BCUT2D eigenvalue weighted by Gasteiger charge is 2.20. The van der Waals surface area contributed by atoms with Gasteiger partial charge in [-0.25, -0.2) is 0 Å². The summed E-state index contributed by atoms with van der Waals surface area (Å²) in [6, 6.07) is 0. The third-order valence-electron chi connectivity index (χ3n) is 3.04. The maximum absolute atomic E-state index is 11.7. The first-order chi connectivity index (χ1) is 8.09. The molecule has 0 radical (unpaired) electrons. The molecule has 100 valence electrons. The molecule has 0 saturated carbocycles. The maximum atomic E-state index is 11.7. The van der Waals surface area contributed by atoms with Crippen LogP contribution in [-0.4, -0.2) is 37.7 Å². The van der Waals surface area contributed by atoms with Gasteiger partial charge in [0, 0.05) is 13.1 Å². The van der Waals surface area contributed by atoms with E-state index in [1.807, 2.05) is 6.92 Å². The fourth-order valence-electron chi connectivity index (χ4n) is 1.91. The molecule has 4 heteroatoms. The summed E-state index contributed by atoms with van der Waals surface area (Å²) in [6.45, 7) is 8.81. The monoisotopic (exact) mass is 242 g/mol. The molecular weight excluding hydrogens is 216 g/mol. The van der Waals surface area contributed by atoms with Crippen LogP contribution in [0.5, 0.6) is 0 Å². The lowest BCUT2D eigenvalue weighted by molar-refractivity contribution is -0.135. The molecular formula is C13H26N2O2. The lowest BCUT2D eigenvalue weighted by Gasteiger charge is -2.26. The van der Waals surface area contributed by atoms with Crippen LogP contribution < -0.4 is 10.6 Å². The SMILES string of the molecule is CC(C)CCNC(=O)C(C)OC1CCCNC1. The van der Waals surface area contributed by atoms with Gasteiger partial charge < -0.3 is 15.4 Å². The maximum Gasteiger partial charge on any atom is 0.248 e. The summed E-state index contributed by atoms with van der Waals surface area (Å²) >= 11 is 0. The summed E-state index contributed by atoms with van der Waals surface area (Å²) in [5.74, 6) is 0.630. The van der Waals surface area contributed by atoms with E-state index >= 15 is 0 Å². The number of hydrogen-bond acceptors (Lipinski definition) is 3. The minimum absolute atomic E-state index is 0.0104. The van der Waals surface area contributed by atoms with Crippen LogP contribution in [-0.2, 0) is 9.53 Å². The average Bonchev–Trinajstić information content (AvgIpc) is 2.29. The van der Waals surface area contributed by atoms with Crippen LogP contribution in [0.25, 0.3) is 0 Å². The Morgan fingerprint density at radius 2 is 2.24 bits per heavy atom. The van der Waals surface area contributed by atoms with Crippen molar-refractivity contribution < 1.29 is 9.53 Å². The fourth-order valence-corrected chi connectivity index (χ4v) is 1.91. The standard InChI is InChI=1S/C13H26N2O2/c1-10(2)6-8-15-13(16)11(3)17-12-5-4-7-14-9-12/h10-12,14H,4-9H2,1-3H3,(H,15,16). The van der Waals surface area contributed by atoms with Gasteiger partial charge in [-0.3, -0.25) is 4.79 Å². The molecule has 0 aromatic carbocycles. The summed E-state index contributed by atoms with van der Waals surface area (Å²) in [5.41, 5.74) is 0. The molecule has 1 rings (SSSR count). The van der Waals surface area contributed by atoms with Gasteiger partial charge in [-0.2, -0.15) is 0 Å². The second kappa shape index (κ2) is 7.67. The highest BCUT2D eigenvalue weighted by atomic mass is 16.5. The minimum Gasteiger partial charge on any atom is -0.364 e. The van der Waals surface area contributed by atoms with Gasteiger partial charge in [-0.05, 0) is 38.6 Å². The van der Waals surface area contributed by atoms with Gasteiger partial charge in [0.15, 0.2) is 0 Å². The third kappa shape index (κ3) is 6.03. The molecule has 17 heavy (non-hydrogen) atoms. The molecule has 1 amide bonds. The Kier molecular flexibility index (Phi) is 6.52. The van der Waals surface area contributed by atoms with Crippen molar-refractivity contribution in [3.63, 3.8) is 0 Å². The lowest BCUT2D eigenvalue weighted by Crippen LogP contribution is -2.42. The van der Waals surface area contributed by atoms with Crippen molar-refractivity contribution in [2.75, 3.05) is 19.6 Å². The van der Waals surface area contributed by atoms with Gasteiger partial charge in [-0.15, -0.1) is 0 Å². The van der Waals surface area contributed by atoms with E-state index < -0.39 is 0 Å². The largest absolute Gasteiger partial charge is 0.364 e. The Hall–Kier alpha value is -0.610. The van der Waals surface area contributed by atoms with Crippen LogP contribution >= 0.6 is 0 Å². The summed E-state index contributed by atoms with van der Waals surface area (Å²) in [4.78, 5) is 11.7. The van der Waals surface area contributed by atoms with E-state index in [2.05, 4.69) is 24.5 Å². The lowest BCUT2D eigenvalue weighted by atomic mass is 10.1. The minimum atomic E-state index is -0.341. The Balaban J connectivity index is 2.16. The van der Waals surface area contributed by atoms with E-state index in [1.165, 1.54) is 0 Å². The Labute approximate surface area is 104 Å². The van der Waals surface area contributed by atoms with E-state index in [0.717, 1.165) is 38.9 Å². The molecule has 0 bridgehead atoms. The van der Waals surface area contributed by atoms with Crippen molar-refractivity contribution >= 4 is 5.91 Å². The van der Waals surface area contributed by atoms with Crippen molar-refractivity contribution in [1.29, 1.82) is 0 Å². The highest BCUT2D eigenvalue weighted by Crippen LogP contribution is 2.08. The zero-order valence-electron chi connectivity index (χ0n) is 11.3. The van der Waals surface area contributed by atoms with Gasteiger partial charge in [0.25, 0.3) is 0 Å².